The molecule has 8 nitrogen and oxygen atoms in total. The Hall–Kier alpha value is -5.24. The summed E-state index contributed by atoms with van der Waals surface area (Å²) in [5, 5.41) is 5.61. The topological polar surface area (TPSA) is 111 Å². The normalized spacial score (nSPS) is 10.3. The van der Waals surface area contributed by atoms with Crippen molar-refractivity contribution in [2.24, 2.45) is 0 Å². The second-order valence-electron chi connectivity index (χ2n) is 8.53. The van der Waals surface area contributed by atoms with E-state index in [4.69, 9.17) is 9.47 Å². The summed E-state index contributed by atoms with van der Waals surface area (Å²) < 4.78 is 10.2. The number of hydrogen-bond donors (Lipinski definition) is 2. The maximum Gasteiger partial charge on any atom is 0.340 e. The van der Waals surface area contributed by atoms with Crippen LogP contribution in [0.25, 0.3) is 11.1 Å². The second-order valence-corrected chi connectivity index (χ2v) is 8.53. The molecule has 0 spiro atoms. The summed E-state index contributed by atoms with van der Waals surface area (Å²) in [7, 11) is 0. The van der Waals surface area contributed by atoms with E-state index < -0.39 is 23.8 Å². The first-order valence-electron chi connectivity index (χ1n) is 12.8. The first-order valence-corrected chi connectivity index (χ1v) is 12.8. The number of esters is 2. The Balaban J connectivity index is 1.67. The van der Waals surface area contributed by atoms with Gasteiger partial charge >= 0.3 is 11.9 Å². The monoisotopic (exact) mass is 536 g/mol. The zero-order valence-electron chi connectivity index (χ0n) is 22.1. The quantitative estimate of drug-likeness (QED) is 0.246. The molecule has 0 atom stereocenters. The molecule has 4 rings (SSSR count). The molecular formula is C32H28N2O6. The first kappa shape index (κ1) is 27.8. The molecule has 0 aromatic heterocycles. The summed E-state index contributed by atoms with van der Waals surface area (Å²) in [6, 6.07) is 26.9. The first-order chi connectivity index (χ1) is 19.4. The molecule has 8 heteroatoms. The van der Waals surface area contributed by atoms with Gasteiger partial charge in [-0.15, -0.1) is 0 Å². The lowest BCUT2D eigenvalue weighted by molar-refractivity contribution is 0.0517. The third kappa shape index (κ3) is 6.24. The second kappa shape index (κ2) is 13.0. The van der Waals surface area contributed by atoms with E-state index in [1.54, 1.807) is 111 Å². The Kier molecular flexibility index (Phi) is 9.04. The van der Waals surface area contributed by atoms with Gasteiger partial charge in [0.2, 0.25) is 0 Å². The number of rotatable bonds is 9. The summed E-state index contributed by atoms with van der Waals surface area (Å²) in [4.78, 5) is 51.8. The number of amides is 2. The van der Waals surface area contributed by atoms with E-state index in [-0.39, 0.29) is 24.3 Å². The number of nitrogens with one attached hydrogen (secondary N) is 2. The van der Waals surface area contributed by atoms with E-state index in [2.05, 4.69) is 10.6 Å². The third-order valence-electron chi connectivity index (χ3n) is 5.97. The zero-order valence-corrected chi connectivity index (χ0v) is 22.1. The average molecular weight is 537 g/mol. The molecule has 0 saturated carbocycles. The van der Waals surface area contributed by atoms with Crippen molar-refractivity contribution < 1.29 is 28.7 Å². The van der Waals surface area contributed by atoms with Crippen molar-refractivity contribution in [1.29, 1.82) is 0 Å². The molecule has 0 aliphatic carbocycles. The van der Waals surface area contributed by atoms with Crippen molar-refractivity contribution in [1.82, 2.24) is 0 Å². The van der Waals surface area contributed by atoms with Crippen LogP contribution < -0.4 is 10.6 Å². The summed E-state index contributed by atoms with van der Waals surface area (Å²) in [6.45, 7) is 3.82. The lowest BCUT2D eigenvalue weighted by atomic mass is 9.94. The summed E-state index contributed by atoms with van der Waals surface area (Å²) in [5.41, 5.74) is 2.70. The molecule has 0 unspecified atom stereocenters. The highest BCUT2D eigenvalue weighted by molar-refractivity contribution is 6.15. The van der Waals surface area contributed by atoms with E-state index in [9.17, 15) is 19.2 Å². The highest BCUT2D eigenvalue weighted by Gasteiger charge is 2.21. The molecule has 0 fully saturated rings. The smallest absolute Gasteiger partial charge is 0.340 e. The van der Waals surface area contributed by atoms with E-state index >= 15 is 0 Å². The van der Waals surface area contributed by atoms with Crippen LogP contribution >= 0.6 is 0 Å². The molecule has 0 heterocycles. The summed E-state index contributed by atoms with van der Waals surface area (Å²) in [6.07, 6.45) is 0. The fraction of sp³-hybridized carbons (Fsp3) is 0.125. The predicted molar refractivity (Wildman–Crippen MR) is 153 cm³/mol. The van der Waals surface area contributed by atoms with Gasteiger partial charge in [-0.3, -0.25) is 9.59 Å². The number of para-hydroxylation sites is 2. The number of carbonyl (C=O) groups excluding carboxylic acids is 4. The van der Waals surface area contributed by atoms with Crippen molar-refractivity contribution in [2.75, 3.05) is 23.8 Å². The average Bonchev–Trinajstić information content (AvgIpc) is 2.98. The highest BCUT2D eigenvalue weighted by atomic mass is 16.5. The standard InChI is InChI=1S/C32H28N2O6/c1-3-39-31(37)25-17-9-11-19-27(25)33-29(35)23-15-7-5-13-21(23)22-14-6-8-16-24(22)30(36)34-28-20-12-10-18-26(28)32(38)40-4-2/h5-20H,3-4H2,1-2H3,(H,33,35)(H,34,36). The molecule has 4 aromatic rings. The van der Waals surface area contributed by atoms with E-state index in [1.165, 1.54) is 0 Å². The highest BCUT2D eigenvalue weighted by Crippen LogP contribution is 2.29. The van der Waals surface area contributed by atoms with Crippen molar-refractivity contribution in [3.63, 3.8) is 0 Å². The third-order valence-corrected chi connectivity index (χ3v) is 5.97. The van der Waals surface area contributed by atoms with Crippen LogP contribution in [0.15, 0.2) is 97.1 Å². The van der Waals surface area contributed by atoms with Gasteiger partial charge in [-0.2, -0.15) is 0 Å². The minimum Gasteiger partial charge on any atom is -0.462 e. The maximum absolute atomic E-state index is 13.5. The van der Waals surface area contributed by atoms with Crippen molar-refractivity contribution >= 4 is 35.1 Å². The van der Waals surface area contributed by atoms with Gasteiger partial charge in [0, 0.05) is 11.1 Å². The Labute approximate surface area is 231 Å². The summed E-state index contributed by atoms with van der Waals surface area (Å²) in [5.74, 6) is -2.01. The zero-order chi connectivity index (χ0) is 28.5. The molecule has 40 heavy (non-hydrogen) atoms. The molecule has 0 aliphatic rings. The number of benzene rings is 4. The molecule has 4 aromatic carbocycles. The maximum atomic E-state index is 13.5. The van der Waals surface area contributed by atoms with E-state index in [0.717, 1.165) is 0 Å². The van der Waals surface area contributed by atoms with Gasteiger partial charge in [0.15, 0.2) is 0 Å². The van der Waals surface area contributed by atoms with Gasteiger partial charge < -0.3 is 20.1 Å². The molecule has 0 radical (unpaired) electrons. The van der Waals surface area contributed by atoms with Gasteiger partial charge in [-0.25, -0.2) is 9.59 Å². The number of carbonyl (C=O) groups is 4. The van der Waals surface area contributed by atoms with Crippen LogP contribution in [-0.4, -0.2) is 37.0 Å². The molecule has 2 N–H and O–H groups in total. The SMILES string of the molecule is CCOC(=O)c1ccccc1NC(=O)c1ccccc1-c1ccccc1C(=O)Nc1ccccc1C(=O)OCC. The molecule has 0 bridgehead atoms. The number of anilines is 2. The van der Waals surface area contributed by atoms with Gasteiger partial charge in [0.05, 0.1) is 35.7 Å². The molecule has 0 aliphatic heterocycles. The van der Waals surface area contributed by atoms with Crippen molar-refractivity contribution in [3.8, 4) is 11.1 Å². The predicted octanol–water partition coefficient (Wildman–Crippen LogP) is 6.21. The Morgan fingerprint density at radius 3 is 1.20 bits per heavy atom. The van der Waals surface area contributed by atoms with Gasteiger partial charge in [-0.1, -0.05) is 60.7 Å². The van der Waals surface area contributed by atoms with Gasteiger partial charge in [-0.05, 0) is 61.4 Å². The van der Waals surface area contributed by atoms with Crippen LogP contribution in [0.5, 0.6) is 0 Å². The van der Waals surface area contributed by atoms with E-state index in [1.807, 2.05) is 0 Å². The lowest BCUT2D eigenvalue weighted by Gasteiger charge is -2.16. The van der Waals surface area contributed by atoms with Crippen LogP contribution in [0, 0.1) is 0 Å². The fourth-order valence-electron chi connectivity index (χ4n) is 4.17. The Bertz CT molecular complexity index is 1450. The molecule has 202 valence electrons. The van der Waals surface area contributed by atoms with Gasteiger partial charge in [0.1, 0.15) is 0 Å². The van der Waals surface area contributed by atoms with Crippen LogP contribution in [0.3, 0.4) is 0 Å². The van der Waals surface area contributed by atoms with Crippen LogP contribution in [0.1, 0.15) is 55.3 Å². The van der Waals surface area contributed by atoms with Crippen molar-refractivity contribution in [3.05, 3.63) is 119 Å². The van der Waals surface area contributed by atoms with Crippen molar-refractivity contribution in [2.45, 2.75) is 13.8 Å². The van der Waals surface area contributed by atoms with Crippen LogP contribution in [-0.2, 0) is 9.47 Å². The molecular weight excluding hydrogens is 508 g/mol. The largest absolute Gasteiger partial charge is 0.462 e. The minimum absolute atomic E-state index is 0.201. The Morgan fingerprint density at radius 2 is 0.825 bits per heavy atom. The lowest BCUT2D eigenvalue weighted by Crippen LogP contribution is -2.18. The number of hydrogen-bond acceptors (Lipinski definition) is 6. The van der Waals surface area contributed by atoms with E-state index in [0.29, 0.717) is 33.6 Å². The number of ether oxygens (including phenoxy) is 2. The summed E-state index contributed by atoms with van der Waals surface area (Å²) >= 11 is 0. The van der Waals surface area contributed by atoms with Crippen LogP contribution in [0.2, 0.25) is 0 Å². The molecule has 0 saturated heterocycles. The fourth-order valence-corrected chi connectivity index (χ4v) is 4.17. The molecule has 2 amide bonds. The minimum atomic E-state index is -0.545. The van der Waals surface area contributed by atoms with Crippen LogP contribution in [0.4, 0.5) is 11.4 Å². The van der Waals surface area contributed by atoms with Gasteiger partial charge in [0.25, 0.3) is 11.8 Å². The Morgan fingerprint density at radius 1 is 0.500 bits per heavy atom.